The van der Waals surface area contributed by atoms with E-state index in [-0.39, 0.29) is 0 Å². The quantitative estimate of drug-likeness (QED) is 0.678. The molecule has 26 heavy (non-hydrogen) atoms. The molecular weight excluding hydrogens is 320 g/mol. The van der Waals surface area contributed by atoms with Crippen LogP contribution in [0.15, 0.2) is 78.9 Å². The van der Waals surface area contributed by atoms with Crippen molar-refractivity contribution in [2.24, 2.45) is 0 Å². The maximum absolute atomic E-state index is 5.90. The number of para-hydroxylation sites is 1. The summed E-state index contributed by atoms with van der Waals surface area (Å²) in [5.41, 5.74) is 3.88. The Hall–Kier alpha value is -2.62. The molecule has 1 heterocycles. The molecule has 131 valence electrons. The first kappa shape index (κ1) is 16.8. The Labute approximate surface area is 155 Å². The lowest BCUT2D eigenvalue weighted by molar-refractivity contribution is 0.231. The molecular formula is C23H23N2O. The first-order valence-electron chi connectivity index (χ1n) is 9.15. The second-order valence-corrected chi connectivity index (χ2v) is 6.54. The molecule has 3 aromatic carbocycles. The highest BCUT2D eigenvalue weighted by molar-refractivity contribution is 5.68. The van der Waals surface area contributed by atoms with Crippen LogP contribution in [0.1, 0.15) is 5.56 Å². The van der Waals surface area contributed by atoms with Gasteiger partial charge in [0.2, 0.25) is 0 Å². The molecule has 0 saturated carbocycles. The minimum absolute atomic E-state index is 0.857. The molecule has 1 radical (unpaired) electrons. The smallest absolute Gasteiger partial charge is 0.127 e. The zero-order chi connectivity index (χ0) is 17.6. The summed E-state index contributed by atoms with van der Waals surface area (Å²) < 4.78 is 5.90. The van der Waals surface area contributed by atoms with Crippen molar-refractivity contribution >= 4 is 0 Å². The highest BCUT2D eigenvalue weighted by Gasteiger charge is 2.13. The highest BCUT2D eigenvalue weighted by Crippen LogP contribution is 2.28. The van der Waals surface area contributed by atoms with Gasteiger partial charge < -0.3 is 4.74 Å². The van der Waals surface area contributed by atoms with Crippen molar-refractivity contribution < 1.29 is 4.74 Å². The van der Waals surface area contributed by atoms with Crippen LogP contribution in [0, 0.1) is 0 Å². The van der Waals surface area contributed by atoms with Crippen molar-refractivity contribution in [1.29, 1.82) is 0 Å². The standard InChI is InChI=1S/C23H23N2O/c1-2-7-21(8-3-1)26-22-12-10-19(11-13-22)23-9-5-4-6-20(23)18-25-16-14-24-15-17-25/h1-13H,14-18H2. The first-order valence-corrected chi connectivity index (χ1v) is 9.15. The average Bonchev–Trinajstić information content (AvgIpc) is 2.71. The van der Waals surface area contributed by atoms with Gasteiger partial charge in [-0.25, -0.2) is 5.32 Å². The molecule has 0 aromatic heterocycles. The number of hydrogen-bond acceptors (Lipinski definition) is 2. The van der Waals surface area contributed by atoms with Gasteiger partial charge in [-0.3, -0.25) is 4.90 Å². The van der Waals surface area contributed by atoms with E-state index in [0.717, 1.165) is 44.2 Å². The van der Waals surface area contributed by atoms with Gasteiger partial charge in [0.25, 0.3) is 0 Å². The van der Waals surface area contributed by atoms with E-state index in [1.165, 1.54) is 16.7 Å². The normalized spacial score (nSPS) is 14.9. The predicted molar refractivity (Wildman–Crippen MR) is 106 cm³/mol. The summed E-state index contributed by atoms with van der Waals surface area (Å²) in [6.45, 7) is 4.99. The number of nitrogens with zero attached hydrogens (tertiary/aromatic N) is 2. The minimum atomic E-state index is 0.857. The van der Waals surface area contributed by atoms with Crippen LogP contribution in [0.2, 0.25) is 0 Å². The Bertz CT molecular complexity index is 824. The van der Waals surface area contributed by atoms with Crippen LogP contribution in [0.3, 0.4) is 0 Å². The Morgan fingerprint density at radius 1 is 0.731 bits per heavy atom. The fourth-order valence-corrected chi connectivity index (χ4v) is 3.31. The molecule has 1 fully saturated rings. The van der Waals surface area contributed by atoms with Crippen LogP contribution in [0.4, 0.5) is 0 Å². The van der Waals surface area contributed by atoms with Gasteiger partial charge in [-0.2, -0.15) is 0 Å². The number of benzene rings is 3. The van der Waals surface area contributed by atoms with Crippen LogP contribution >= 0.6 is 0 Å². The Morgan fingerprint density at radius 3 is 2.15 bits per heavy atom. The van der Waals surface area contributed by atoms with E-state index < -0.39 is 0 Å². The molecule has 3 nitrogen and oxygen atoms in total. The number of rotatable bonds is 5. The lowest BCUT2D eigenvalue weighted by Crippen LogP contribution is -2.39. The zero-order valence-electron chi connectivity index (χ0n) is 14.8. The molecule has 3 aromatic rings. The van der Waals surface area contributed by atoms with Crippen molar-refractivity contribution in [1.82, 2.24) is 10.2 Å². The summed E-state index contributed by atoms with van der Waals surface area (Å²) in [6.07, 6.45) is 0. The third-order valence-electron chi connectivity index (χ3n) is 4.70. The van der Waals surface area contributed by atoms with Crippen molar-refractivity contribution in [3.05, 3.63) is 84.4 Å². The molecule has 0 unspecified atom stereocenters. The fraction of sp³-hybridized carbons (Fsp3) is 0.217. The molecule has 0 atom stereocenters. The molecule has 3 heteroatoms. The number of piperazine rings is 1. The van der Waals surface area contributed by atoms with Crippen molar-refractivity contribution in [3.8, 4) is 22.6 Å². The molecule has 0 N–H and O–H groups in total. The minimum Gasteiger partial charge on any atom is -0.457 e. The Balaban J connectivity index is 1.52. The Kier molecular flexibility index (Phi) is 5.29. The molecule has 1 saturated heterocycles. The van der Waals surface area contributed by atoms with Gasteiger partial charge in [-0.05, 0) is 41.0 Å². The van der Waals surface area contributed by atoms with Gasteiger partial charge in [0.15, 0.2) is 0 Å². The largest absolute Gasteiger partial charge is 0.457 e. The van der Waals surface area contributed by atoms with E-state index in [9.17, 15) is 0 Å². The van der Waals surface area contributed by atoms with Crippen LogP contribution in [0.25, 0.3) is 11.1 Å². The molecule has 0 spiro atoms. The summed E-state index contributed by atoms with van der Waals surface area (Å²) in [6, 6.07) is 26.9. The summed E-state index contributed by atoms with van der Waals surface area (Å²) >= 11 is 0. The first-order chi connectivity index (χ1) is 12.9. The SMILES string of the molecule is c1ccc(Oc2ccc(-c3ccccc3CN3CC[N]CC3)cc2)cc1. The predicted octanol–water partition coefficient (Wildman–Crippen LogP) is 4.57. The average molecular weight is 343 g/mol. The highest BCUT2D eigenvalue weighted by atomic mass is 16.5. The van der Waals surface area contributed by atoms with E-state index in [0.29, 0.717) is 0 Å². The topological polar surface area (TPSA) is 26.6 Å². The maximum atomic E-state index is 5.90. The number of hydrogen-bond donors (Lipinski definition) is 0. The molecule has 1 aliphatic heterocycles. The summed E-state index contributed by atoms with van der Waals surface area (Å²) in [4.78, 5) is 2.48. The van der Waals surface area contributed by atoms with Crippen LogP contribution < -0.4 is 10.1 Å². The second-order valence-electron chi connectivity index (χ2n) is 6.54. The zero-order valence-corrected chi connectivity index (χ0v) is 14.8. The van der Waals surface area contributed by atoms with Crippen LogP contribution in [-0.2, 0) is 6.54 Å². The molecule has 0 aliphatic carbocycles. The van der Waals surface area contributed by atoms with E-state index in [1.54, 1.807) is 0 Å². The van der Waals surface area contributed by atoms with Crippen molar-refractivity contribution in [2.45, 2.75) is 6.54 Å². The van der Waals surface area contributed by atoms with Crippen LogP contribution in [0.5, 0.6) is 11.5 Å². The fourth-order valence-electron chi connectivity index (χ4n) is 3.31. The van der Waals surface area contributed by atoms with Crippen molar-refractivity contribution in [2.75, 3.05) is 26.2 Å². The molecule has 4 rings (SSSR count). The maximum Gasteiger partial charge on any atom is 0.127 e. The van der Waals surface area contributed by atoms with Gasteiger partial charge in [0.05, 0.1) is 0 Å². The van der Waals surface area contributed by atoms with Gasteiger partial charge in [-0.1, -0.05) is 54.6 Å². The second kappa shape index (κ2) is 8.17. The van der Waals surface area contributed by atoms with Gasteiger partial charge in [0.1, 0.15) is 11.5 Å². The van der Waals surface area contributed by atoms with E-state index in [4.69, 9.17) is 4.74 Å². The summed E-state index contributed by atoms with van der Waals surface area (Å²) in [5, 5.41) is 4.44. The van der Waals surface area contributed by atoms with E-state index >= 15 is 0 Å². The summed E-state index contributed by atoms with van der Waals surface area (Å²) in [5.74, 6) is 1.71. The molecule has 0 amide bonds. The molecule has 1 aliphatic rings. The lowest BCUT2D eigenvalue weighted by atomic mass is 9.99. The van der Waals surface area contributed by atoms with E-state index in [1.807, 2.05) is 42.5 Å². The Morgan fingerprint density at radius 2 is 1.38 bits per heavy atom. The monoisotopic (exact) mass is 343 g/mol. The van der Waals surface area contributed by atoms with E-state index in [2.05, 4.69) is 46.6 Å². The third-order valence-corrected chi connectivity index (χ3v) is 4.70. The van der Waals surface area contributed by atoms with Gasteiger partial charge in [-0.15, -0.1) is 0 Å². The van der Waals surface area contributed by atoms with Crippen LogP contribution in [-0.4, -0.2) is 31.1 Å². The lowest BCUT2D eigenvalue weighted by Gasteiger charge is -2.27. The summed E-state index contributed by atoms with van der Waals surface area (Å²) in [7, 11) is 0. The number of ether oxygens (including phenoxy) is 1. The van der Waals surface area contributed by atoms with Crippen molar-refractivity contribution in [3.63, 3.8) is 0 Å². The van der Waals surface area contributed by atoms with Gasteiger partial charge in [0, 0.05) is 32.7 Å². The third kappa shape index (κ3) is 4.13. The molecule has 0 bridgehead atoms. The van der Waals surface area contributed by atoms with Gasteiger partial charge >= 0.3 is 0 Å².